The van der Waals surface area contributed by atoms with E-state index in [0.29, 0.717) is 23.5 Å². The van der Waals surface area contributed by atoms with Crippen molar-refractivity contribution < 1.29 is 23.8 Å². The average Bonchev–Trinajstić information content (AvgIpc) is 2.94. The Kier molecular flexibility index (Phi) is 5.59. The zero-order valence-corrected chi connectivity index (χ0v) is 18.0. The molecule has 2 aliphatic rings. The lowest BCUT2D eigenvalue weighted by Gasteiger charge is -2.33. The standard InChI is InChI=1S/C24H26N2O5/c1-13-12-17-20(22(27)19(13)24(28)31-4)21(26-16-10-6-5-9-15(16)25-17)14-8-7-11-18(29-2)23(14)30-3/h5-11,13,19,21,25-26H,12H2,1-4H3/t13-,19+,21-/m0/s1. The molecule has 0 amide bonds. The van der Waals surface area contributed by atoms with Gasteiger partial charge in [0.1, 0.15) is 5.92 Å². The molecule has 2 aromatic carbocycles. The lowest BCUT2D eigenvalue weighted by atomic mass is 9.74. The number of ketones is 1. The number of allylic oxidation sites excluding steroid dienone is 1. The number of Topliss-reactive ketones (excluding diaryl/α,β-unsaturated/α-hetero) is 1. The molecule has 31 heavy (non-hydrogen) atoms. The van der Waals surface area contributed by atoms with Crippen molar-refractivity contribution in [2.45, 2.75) is 19.4 Å². The number of hydrogen-bond donors (Lipinski definition) is 2. The van der Waals surface area contributed by atoms with E-state index in [1.807, 2.05) is 49.4 Å². The number of nitrogens with one attached hydrogen (secondary N) is 2. The minimum absolute atomic E-state index is 0.190. The third-order valence-corrected chi connectivity index (χ3v) is 5.97. The van der Waals surface area contributed by atoms with Gasteiger partial charge < -0.3 is 24.8 Å². The SMILES string of the molecule is COC(=O)[C@H]1C(=O)C2=C(C[C@@H]1C)Nc1ccccc1N[C@H]2c1cccc(OC)c1OC. The molecule has 4 rings (SSSR count). The summed E-state index contributed by atoms with van der Waals surface area (Å²) in [6, 6.07) is 12.8. The van der Waals surface area contributed by atoms with Crippen molar-refractivity contribution in [3.63, 3.8) is 0 Å². The quantitative estimate of drug-likeness (QED) is 0.570. The molecule has 0 aromatic heterocycles. The summed E-state index contributed by atoms with van der Waals surface area (Å²) in [5.74, 6) is -0.701. The Balaban J connectivity index is 1.93. The Morgan fingerprint density at radius 3 is 2.42 bits per heavy atom. The van der Waals surface area contributed by atoms with Gasteiger partial charge in [0.25, 0.3) is 0 Å². The number of carbonyl (C=O) groups excluding carboxylic acids is 2. The summed E-state index contributed by atoms with van der Waals surface area (Å²) in [5.41, 5.74) is 3.78. The van der Waals surface area contributed by atoms with Gasteiger partial charge in [-0.15, -0.1) is 0 Å². The Labute approximate surface area is 181 Å². The van der Waals surface area contributed by atoms with Crippen LogP contribution in [0, 0.1) is 11.8 Å². The number of rotatable bonds is 4. The van der Waals surface area contributed by atoms with E-state index in [1.54, 1.807) is 14.2 Å². The molecule has 1 heterocycles. The second-order valence-corrected chi connectivity index (χ2v) is 7.77. The van der Waals surface area contributed by atoms with Gasteiger partial charge in [-0.05, 0) is 30.5 Å². The Hall–Kier alpha value is -3.48. The molecule has 0 saturated carbocycles. The van der Waals surface area contributed by atoms with Gasteiger partial charge in [0, 0.05) is 16.8 Å². The molecule has 0 radical (unpaired) electrons. The molecule has 1 aliphatic heterocycles. The van der Waals surface area contributed by atoms with Crippen LogP contribution in [-0.4, -0.2) is 33.1 Å². The van der Waals surface area contributed by atoms with Gasteiger partial charge in [0.15, 0.2) is 17.3 Å². The van der Waals surface area contributed by atoms with Crippen LogP contribution in [0.5, 0.6) is 11.5 Å². The smallest absolute Gasteiger partial charge is 0.316 e. The number of esters is 1. The highest BCUT2D eigenvalue weighted by Gasteiger charge is 2.45. The fraction of sp³-hybridized carbons (Fsp3) is 0.333. The van der Waals surface area contributed by atoms with Gasteiger partial charge >= 0.3 is 5.97 Å². The zero-order chi connectivity index (χ0) is 22.1. The van der Waals surface area contributed by atoms with Crippen molar-refractivity contribution in [1.29, 1.82) is 0 Å². The summed E-state index contributed by atoms with van der Waals surface area (Å²) in [4.78, 5) is 26.2. The van der Waals surface area contributed by atoms with Crippen LogP contribution in [0.25, 0.3) is 0 Å². The predicted molar refractivity (Wildman–Crippen MR) is 117 cm³/mol. The van der Waals surface area contributed by atoms with Gasteiger partial charge in [0.05, 0.1) is 38.7 Å². The number of anilines is 2. The summed E-state index contributed by atoms with van der Waals surface area (Å²) in [6.45, 7) is 1.90. The van der Waals surface area contributed by atoms with Gasteiger partial charge in [0.2, 0.25) is 0 Å². The molecule has 0 spiro atoms. The molecular formula is C24H26N2O5. The molecule has 3 atom stereocenters. The maximum Gasteiger partial charge on any atom is 0.316 e. The van der Waals surface area contributed by atoms with E-state index in [0.717, 1.165) is 22.6 Å². The number of hydrogen-bond acceptors (Lipinski definition) is 7. The predicted octanol–water partition coefficient (Wildman–Crippen LogP) is 3.93. The lowest BCUT2D eigenvalue weighted by Crippen LogP contribution is -2.39. The zero-order valence-electron chi connectivity index (χ0n) is 18.0. The highest BCUT2D eigenvalue weighted by atomic mass is 16.5. The average molecular weight is 422 g/mol. The first-order valence-corrected chi connectivity index (χ1v) is 10.2. The second-order valence-electron chi connectivity index (χ2n) is 7.77. The van der Waals surface area contributed by atoms with Crippen LogP contribution in [0.3, 0.4) is 0 Å². The van der Waals surface area contributed by atoms with E-state index >= 15 is 0 Å². The van der Waals surface area contributed by atoms with Crippen molar-refractivity contribution in [3.05, 3.63) is 59.3 Å². The number of benzene rings is 2. The normalized spacial score (nSPS) is 22.3. The summed E-state index contributed by atoms with van der Waals surface area (Å²) in [5, 5.41) is 6.93. The number of methoxy groups -OCH3 is 3. The Morgan fingerprint density at radius 1 is 1.00 bits per heavy atom. The first-order chi connectivity index (χ1) is 15.0. The van der Waals surface area contributed by atoms with E-state index in [1.165, 1.54) is 7.11 Å². The van der Waals surface area contributed by atoms with Crippen LogP contribution in [0.2, 0.25) is 0 Å². The van der Waals surface area contributed by atoms with Crippen molar-refractivity contribution in [1.82, 2.24) is 0 Å². The van der Waals surface area contributed by atoms with Gasteiger partial charge in [-0.3, -0.25) is 9.59 Å². The van der Waals surface area contributed by atoms with Crippen molar-refractivity contribution in [2.75, 3.05) is 32.0 Å². The third kappa shape index (κ3) is 3.50. The van der Waals surface area contributed by atoms with E-state index in [2.05, 4.69) is 10.6 Å². The number of carbonyl (C=O) groups is 2. The van der Waals surface area contributed by atoms with E-state index in [9.17, 15) is 9.59 Å². The summed E-state index contributed by atoms with van der Waals surface area (Å²) in [7, 11) is 4.46. The minimum atomic E-state index is -0.854. The third-order valence-electron chi connectivity index (χ3n) is 5.97. The fourth-order valence-corrected chi connectivity index (χ4v) is 4.51. The van der Waals surface area contributed by atoms with Gasteiger partial charge in [-0.2, -0.15) is 0 Å². The molecule has 7 nitrogen and oxygen atoms in total. The minimum Gasteiger partial charge on any atom is -0.493 e. The van der Waals surface area contributed by atoms with Crippen molar-refractivity contribution in [3.8, 4) is 11.5 Å². The van der Waals surface area contributed by atoms with Crippen LogP contribution < -0.4 is 20.1 Å². The molecular weight excluding hydrogens is 396 g/mol. The largest absolute Gasteiger partial charge is 0.493 e. The molecule has 7 heteroatoms. The Bertz CT molecular complexity index is 1060. The van der Waals surface area contributed by atoms with E-state index in [4.69, 9.17) is 14.2 Å². The maximum atomic E-state index is 13.7. The van der Waals surface area contributed by atoms with Crippen molar-refractivity contribution in [2.24, 2.45) is 11.8 Å². The highest BCUT2D eigenvalue weighted by Crippen LogP contribution is 2.47. The van der Waals surface area contributed by atoms with Crippen molar-refractivity contribution >= 4 is 23.1 Å². The summed E-state index contributed by atoms with van der Waals surface area (Å²) >= 11 is 0. The van der Waals surface area contributed by atoms with Gasteiger partial charge in [-0.25, -0.2) is 0 Å². The molecule has 0 fully saturated rings. The summed E-state index contributed by atoms with van der Waals surface area (Å²) < 4.78 is 16.1. The van der Waals surface area contributed by atoms with Crippen LogP contribution in [0.15, 0.2) is 53.7 Å². The second kappa shape index (κ2) is 8.34. The monoisotopic (exact) mass is 422 g/mol. The molecule has 1 aliphatic carbocycles. The van der Waals surface area contributed by atoms with Crippen LogP contribution in [-0.2, 0) is 14.3 Å². The topological polar surface area (TPSA) is 85.9 Å². The van der Waals surface area contributed by atoms with Crippen LogP contribution >= 0.6 is 0 Å². The van der Waals surface area contributed by atoms with E-state index in [-0.39, 0.29) is 11.7 Å². The Morgan fingerprint density at radius 2 is 1.74 bits per heavy atom. The summed E-state index contributed by atoms with van der Waals surface area (Å²) in [6.07, 6.45) is 0.541. The first kappa shape index (κ1) is 20.8. The molecule has 162 valence electrons. The molecule has 0 saturated heterocycles. The molecule has 2 aromatic rings. The first-order valence-electron chi connectivity index (χ1n) is 10.2. The lowest BCUT2D eigenvalue weighted by molar-refractivity contribution is -0.151. The highest BCUT2D eigenvalue weighted by molar-refractivity contribution is 6.11. The molecule has 2 N–H and O–H groups in total. The number of ether oxygens (including phenoxy) is 3. The van der Waals surface area contributed by atoms with Crippen LogP contribution in [0.1, 0.15) is 24.9 Å². The van der Waals surface area contributed by atoms with Crippen LogP contribution in [0.4, 0.5) is 11.4 Å². The van der Waals surface area contributed by atoms with E-state index < -0.39 is 17.9 Å². The number of fused-ring (bicyclic) bond motifs is 1. The molecule has 0 bridgehead atoms. The number of para-hydroxylation sites is 3. The maximum absolute atomic E-state index is 13.7. The fourth-order valence-electron chi connectivity index (χ4n) is 4.51. The van der Waals surface area contributed by atoms with Gasteiger partial charge in [-0.1, -0.05) is 31.2 Å². The molecule has 0 unspecified atom stereocenters.